The van der Waals surface area contributed by atoms with Crippen molar-refractivity contribution in [3.8, 4) is 5.69 Å². The van der Waals surface area contributed by atoms with E-state index < -0.39 is 0 Å². The molecule has 7 heteroatoms. The first-order valence-electron chi connectivity index (χ1n) is 9.97. The largest absolute Gasteiger partial charge is 0.353 e. The Labute approximate surface area is 178 Å². The normalized spacial score (nSPS) is 15.0. The molecule has 1 aliphatic rings. The van der Waals surface area contributed by atoms with Gasteiger partial charge in [0.15, 0.2) is 5.16 Å². The average Bonchev–Trinajstić information content (AvgIpc) is 3.46. The number of fused-ring (bicyclic) bond motifs is 1. The van der Waals surface area contributed by atoms with Gasteiger partial charge in [0, 0.05) is 6.04 Å². The van der Waals surface area contributed by atoms with Crippen molar-refractivity contribution in [1.82, 2.24) is 14.9 Å². The Morgan fingerprint density at radius 2 is 2.00 bits per heavy atom. The van der Waals surface area contributed by atoms with Crippen LogP contribution in [0.5, 0.6) is 0 Å². The van der Waals surface area contributed by atoms with Gasteiger partial charge in [-0.3, -0.25) is 14.2 Å². The number of nitrogens with zero attached hydrogens (tertiary/aromatic N) is 2. The van der Waals surface area contributed by atoms with Crippen molar-refractivity contribution in [2.24, 2.45) is 5.92 Å². The SMILES string of the molecule is CC(C)C(C)NC(=O)CSc1nc2scc(C3CC3)c2c(=O)n1-c1ccccc1. The number of hydrogen-bond acceptors (Lipinski definition) is 5. The Hall–Kier alpha value is -2.12. The summed E-state index contributed by atoms with van der Waals surface area (Å²) in [4.78, 5) is 31.4. The number of para-hydroxylation sites is 1. The van der Waals surface area contributed by atoms with Gasteiger partial charge in [0.25, 0.3) is 5.56 Å². The molecular weight excluding hydrogens is 402 g/mol. The van der Waals surface area contributed by atoms with Gasteiger partial charge in [-0.05, 0) is 54.7 Å². The minimum Gasteiger partial charge on any atom is -0.353 e. The number of nitrogens with one attached hydrogen (secondary N) is 1. The van der Waals surface area contributed by atoms with Gasteiger partial charge in [0.1, 0.15) is 4.83 Å². The molecule has 2 heterocycles. The highest BCUT2D eigenvalue weighted by Gasteiger charge is 2.29. The second kappa shape index (κ2) is 8.32. The molecule has 4 rings (SSSR count). The number of rotatable bonds is 7. The molecule has 1 fully saturated rings. The van der Waals surface area contributed by atoms with Crippen LogP contribution in [0.2, 0.25) is 0 Å². The molecule has 29 heavy (non-hydrogen) atoms. The van der Waals surface area contributed by atoms with Crippen LogP contribution >= 0.6 is 23.1 Å². The topological polar surface area (TPSA) is 64.0 Å². The van der Waals surface area contributed by atoms with E-state index in [0.717, 1.165) is 34.3 Å². The molecule has 0 radical (unpaired) electrons. The minimum absolute atomic E-state index is 0.0391. The van der Waals surface area contributed by atoms with Crippen molar-refractivity contribution < 1.29 is 4.79 Å². The number of hydrogen-bond donors (Lipinski definition) is 1. The Kier molecular flexibility index (Phi) is 5.79. The van der Waals surface area contributed by atoms with Gasteiger partial charge in [-0.25, -0.2) is 4.98 Å². The maximum atomic E-state index is 13.5. The lowest BCUT2D eigenvalue weighted by Gasteiger charge is -2.17. The van der Waals surface area contributed by atoms with Crippen LogP contribution in [0.15, 0.2) is 45.7 Å². The molecular formula is C22H25N3O2S2. The number of benzene rings is 1. The first-order chi connectivity index (χ1) is 14.0. The van der Waals surface area contributed by atoms with Crippen LogP contribution in [0.3, 0.4) is 0 Å². The maximum Gasteiger partial charge on any atom is 0.267 e. The highest BCUT2D eigenvalue weighted by molar-refractivity contribution is 7.99. The zero-order chi connectivity index (χ0) is 20.5. The van der Waals surface area contributed by atoms with Gasteiger partial charge in [0.05, 0.1) is 16.8 Å². The Bertz CT molecular complexity index is 1080. The van der Waals surface area contributed by atoms with E-state index in [1.54, 1.807) is 4.57 Å². The fraction of sp³-hybridized carbons (Fsp3) is 0.409. The van der Waals surface area contributed by atoms with E-state index in [-0.39, 0.29) is 23.3 Å². The third-order valence-corrected chi connectivity index (χ3v) is 7.19. The van der Waals surface area contributed by atoms with Crippen LogP contribution in [0.4, 0.5) is 0 Å². The van der Waals surface area contributed by atoms with Gasteiger partial charge >= 0.3 is 0 Å². The quantitative estimate of drug-likeness (QED) is 0.443. The van der Waals surface area contributed by atoms with Gasteiger partial charge in [-0.2, -0.15) is 0 Å². The predicted octanol–water partition coefficient (Wildman–Crippen LogP) is 4.58. The molecule has 0 spiro atoms. The number of aromatic nitrogens is 2. The van der Waals surface area contributed by atoms with Crippen molar-refractivity contribution in [2.45, 2.75) is 50.7 Å². The van der Waals surface area contributed by atoms with Crippen molar-refractivity contribution in [1.29, 1.82) is 0 Å². The van der Waals surface area contributed by atoms with E-state index in [0.29, 0.717) is 17.0 Å². The molecule has 1 unspecified atom stereocenters. The van der Waals surface area contributed by atoms with E-state index in [9.17, 15) is 9.59 Å². The zero-order valence-electron chi connectivity index (χ0n) is 16.8. The third kappa shape index (κ3) is 4.26. The fourth-order valence-corrected chi connectivity index (χ4v) is 5.07. The molecule has 0 saturated heterocycles. The van der Waals surface area contributed by atoms with Gasteiger partial charge in [0.2, 0.25) is 5.91 Å². The molecule has 0 aliphatic heterocycles. The summed E-state index contributed by atoms with van der Waals surface area (Å²) in [5.41, 5.74) is 1.87. The lowest BCUT2D eigenvalue weighted by Crippen LogP contribution is -2.37. The summed E-state index contributed by atoms with van der Waals surface area (Å²) in [6.07, 6.45) is 2.28. The molecule has 1 saturated carbocycles. The standard InChI is InChI=1S/C22H25N3O2S2/c1-13(2)14(3)23-18(26)12-29-22-24-20-19(17(11-28-20)15-9-10-15)21(27)25(22)16-7-5-4-6-8-16/h4-8,11,13-15H,9-10,12H2,1-3H3,(H,23,26). The summed E-state index contributed by atoms with van der Waals surface area (Å²) in [7, 11) is 0. The Balaban J connectivity index is 1.71. The number of thiophene rings is 1. The average molecular weight is 428 g/mol. The van der Waals surface area contributed by atoms with Crippen LogP contribution in [-0.2, 0) is 4.79 Å². The first-order valence-corrected chi connectivity index (χ1v) is 11.8. The van der Waals surface area contributed by atoms with Crippen molar-refractivity contribution in [3.63, 3.8) is 0 Å². The monoisotopic (exact) mass is 427 g/mol. The summed E-state index contributed by atoms with van der Waals surface area (Å²) in [5, 5.41) is 6.40. The minimum atomic E-state index is -0.0463. The van der Waals surface area contributed by atoms with Gasteiger partial charge in [-0.1, -0.05) is 43.8 Å². The molecule has 1 aromatic carbocycles. The zero-order valence-corrected chi connectivity index (χ0v) is 18.5. The van der Waals surface area contributed by atoms with Crippen LogP contribution < -0.4 is 10.9 Å². The van der Waals surface area contributed by atoms with E-state index in [1.807, 2.05) is 37.3 Å². The van der Waals surface area contributed by atoms with Gasteiger partial charge in [-0.15, -0.1) is 11.3 Å². The smallest absolute Gasteiger partial charge is 0.267 e. The molecule has 1 aliphatic carbocycles. The fourth-order valence-electron chi connectivity index (χ4n) is 3.18. The van der Waals surface area contributed by atoms with E-state index in [4.69, 9.17) is 4.98 Å². The predicted molar refractivity (Wildman–Crippen MR) is 120 cm³/mol. The van der Waals surface area contributed by atoms with E-state index >= 15 is 0 Å². The maximum absolute atomic E-state index is 13.5. The lowest BCUT2D eigenvalue weighted by atomic mass is 10.1. The summed E-state index contributed by atoms with van der Waals surface area (Å²) in [5.74, 6) is 1.04. The number of carbonyl (C=O) groups is 1. The molecule has 152 valence electrons. The summed E-state index contributed by atoms with van der Waals surface area (Å²) in [6, 6.07) is 9.66. The van der Waals surface area contributed by atoms with E-state index in [1.165, 1.54) is 23.1 Å². The summed E-state index contributed by atoms with van der Waals surface area (Å²) < 4.78 is 1.66. The second-order valence-electron chi connectivity index (χ2n) is 7.90. The molecule has 1 atom stereocenters. The highest BCUT2D eigenvalue weighted by atomic mass is 32.2. The van der Waals surface area contributed by atoms with E-state index in [2.05, 4.69) is 24.5 Å². The Morgan fingerprint density at radius 1 is 1.28 bits per heavy atom. The van der Waals surface area contributed by atoms with Crippen molar-refractivity contribution in [2.75, 3.05) is 5.75 Å². The molecule has 3 aromatic rings. The summed E-state index contributed by atoms with van der Waals surface area (Å²) in [6.45, 7) is 6.16. The highest BCUT2D eigenvalue weighted by Crippen LogP contribution is 2.44. The lowest BCUT2D eigenvalue weighted by molar-refractivity contribution is -0.119. The number of carbonyl (C=O) groups excluding carboxylic acids is 1. The van der Waals surface area contributed by atoms with Crippen molar-refractivity contribution >= 4 is 39.2 Å². The van der Waals surface area contributed by atoms with Crippen LogP contribution in [-0.4, -0.2) is 27.3 Å². The summed E-state index contributed by atoms with van der Waals surface area (Å²) >= 11 is 2.84. The molecule has 5 nitrogen and oxygen atoms in total. The van der Waals surface area contributed by atoms with Crippen molar-refractivity contribution in [3.05, 3.63) is 51.6 Å². The second-order valence-corrected chi connectivity index (χ2v) is 9.71. The third-order valence-electron chi connectivity index (χ3n) is 5.36. The molecule has 1 amide bonds. The number of amides is 1. The van der Waals surface area contributed by atoms with Crippen LogP contribution in [0, 0.1) is 5.92 Å². The first kappa shape index (κ1) is 20.2. The Morgan fingerprint density at radius 3 is 2.66 bits per heavy atom. The molecule has 1 N–H and O–H groups in total. The molecule has 0 bridgehead atoms. The number of thioether (sulfide) groups is 1. The molecule has 2 aromatic heterocycles. The van der Waals surface area contributed by atoms with Gasteiger partial charge < -0.3 is 5.32 Å². The van der Waals surface area contributed by atoms with Crippen LogP contribution in [0.25, 0.3) is 15.9 Å². The van der Waals surface area contributed by atoms with Crippen LogP contribution in [0.1, 0.15) is 45.1 Å².